The van der Waals surface area contributed by atoms with E-state index in [1.54, 1.807) is 0 Å². The van der Waals surface area contributed by atoms with Gasteiger partial charge in [0, 0.05) is 6.92 Å². The Labute approximate surface area is 98.9 Å². The first kappa shape index (κ1) is 12.8. The Kier molecular flexibility index (Phi) is 5.05. The molecule has 0 saturated carbocycles. The monoisotopic (exact) mass is 238 g/mol. The van der Waals surface area contributed by atoms with Crippen molar-refractivity contribution in [2.24, 2.45) is 0 Å². The SMILES string of the molecule is CC(=O)SC(CCc1ccccc1)C(=O)O. The Balaban J connectivity index is 2.50. The van der Waals surface area contributed by atoms with Crippen LogP contribution >= 0.6 is 11.8 Å². The largest absolute Gasteiger partial charge is 0.480 e. The molecule has 16 heavy (non-hydrogen) atoms. The van der Waals surface area contributed by atoms with Gasteiger partial charge in [-0.3, -0.25) is 9.59 Å². The number of aryl methyl sites for hydroxylation is 1. The van der Waals surface area contributed by atoms with Gasteiger partial charge in [-0.25, -0.2) is 0 Å². The summed E-state index contributed by atoms with van der Waals surface area (Å²) in [7, 11) is 0. The van der Waals surface area contributed by atoms with E-state index in [4.69, 9.17) is 5.11 Å². The minimum absolute atomic E-state index is 0.152. The first-order valence-corrected chi connectivity index (χ1v) is 5.91. The Morgan fingerprint density at radius 3 is 2.44 bits per heavy atom. The van der Waals surface area contributed by atoms with Crippen LogP contribution in [0.25, 0.3) is 0 Å². The lowest BCUT2D eigenvalue weighted by molar-refractivity contribution is -0.136. The summed E-state index contributed by atoms with van der Waals surface area (Å²) >= 11 is 0.888. The highest BCUT2D eigenvalue weighted by molar-refractivity contribution is 8.14. The van der Waals surface area contributed by atoms with E-state index < -0.39 is 11.2 Å². The Morgan fingerprint density at radius 1 is 1.31 bits per heavy atom. The van der Waals surface area contributed by atoms with Gasteiger partial charge in [0.1, 0.15) is 5.25 Å². The van der Waals surface area contributed by atoms with Crippen molar-refractivity contribution in [3.05, 3.63) is 35.9 Å². The average Bonchev–Trinajstić information content (AvgIpc) is 2.25. The highest BCUT2D eigenvalue weighted by Crippen LogP contribution is 2.18. The average molecular weight is 238 g/mol. The number of rotatable bonds is 5. The number of aliphatic carboxylic acids is 1. The molecular formula is C12H14O3S. The van der Waals surface area contributed by atoms with Crippen LogP contribution in [0.15, 0.2) is 30.3 Å². The van der Waals surface area contributed by atoms with Crippen LogP contribution in [0.4, 0.5) is 0 Å². The van der Waals surface area contributed by atoms with Crippen LogP contribution in [0.2, 0.25) is 0 Å². The van der Waals surface area contributed by atoms with E-state index in [9.17, 15) is 9.59 Å². The Morgan fingerprint density at radius 2 is 1.94 bits per heavy atom. The van der Waals surface area contributed by atoms with Gasteiger partial charge in [0.2, 0.25) is 0 Å². The quantitative estimate of drug-likeness (QED) is 0.855. The normalized spacial score (nSPS) is 12.1. The Hall–Kier alpha value is -1.29. The zero-order valence-electron chi connectivity index (χ0n) is 9.05. The van der Waals surface area contributed by atoms with Gasteiger partial charge in [-0.2, -0.15) is 0 Å². The molecule has 4 heteroatoms. The second-order valence-corrected chi connectivity index (χ2v) is 4.84. The van der Waals surface area contributed by atoms with Gasteiger partial charge in [-0.05, 0) is 18.4 Å². The van der Waals surface area contributed by atoms with Crippen molar-refractivity contribution in [1.29, 1.82) is 0 Å². The smallest absolute Gasteiger partial charge is 0.317 e. The fourth-order valence-electron chi connectivity index (χ4n) is 1.38. The van der Waals surface area contributed by atoms with Crippen molar-refractivity contribution >= 4 is 22.8 Å². The fraction of sp³-hybridized carbons (Fsp3) is 0.333. The molecule has 1 N–H and O–H groups in total. The molecular weight excluding hydrogens is 224 g/mol. The zero-order chi connectivity index (χ0) is 12.0. The maximum Gasteiger partial charge on any atom is 0.317 e. The lowest BCUT2D eigenvalue weighted by Crippen LogP contribution is -2.18. The lowest BCUT2D eigenvalue weighted by atomic mass is 10.1. The summed E-state index contributed by atoms with van der Waals surface area (Å²) in [6.07, 6.45) is 1.15. The zero-order valence-corrected chi connectivity index (χ0v) is 9.87. The maximum absolute atomic E-state index is 10.9. The standard InChI is InChI=1S/C12H14O3S/c1-9(13)16-11(12(14)15)8-7-10-5-3-2-4-6-10/h2-6,11H,7-8H2,1H3,(H,14,15). The van der Waals surface area contributed by atoms with E-state index in [1.165, 1.54) is 6.92 Å². The summed E-state index contributed by atoms with van der Waals surface area (Å²) in [5.74, 6) is -0.920. The first-order valence-electron chi connectivity index (χ1n) is 5.03. The van der Waals surface area contributed by atoms with Crippen molar-refractivity contribution in [2.75, 3.05) is 0 Å². The van der Waals surface area contributed by atoms with Crippen LogP contribution in [0.1, 0.15) is 18.9 Å². The summed E-state index contributed by atoms with van der Waals surface area (Å²) in [6.45, 7) is 1.39. The second kappa shape index (κ2) is 6.33. The summed E-state index contributed by atoms with van der Waals surface area (Å²) in [6, 6.07) is 9.67. The van der Waals surface area contributed by atoms with Gasteiger partial charge in [-0.1, -0.05) is 42.1 Å². The van der Waals surface area contributed by atoms with Crippen LogP contribution in [-0.2, 0) is 16.0 Å². The van der Waals surface area contributed by atoms with Gasteiger partial charge in [-0.15, -0.1) is 0 Å². The molecule has 0 aliphatic carbocycles. The van der Waals surface area contributed by atoms with E-state index in [2.05, 4.69) is 0 Å². The van der Waals surface area contributed by atoms with Gasteiger partial charge < -0.3 is 5.11 Å². The van der Waals surface area contributed by atoms with Gasteiger partial charge in [0.05, 0.1) is 0 Å². The van der Waals surface area contributed by atoms with Crippen LogP contribution in [0.5, 0.6) is 0 Å². The number of hydrogen-bond acceptors (Lipinski definition) is 3. The van der Waals surface area contributed by atoms with Crippen molar-refractivity contribution in [3.63, 3.8) is 0 Å². The molecule has 0 saturated heterocycles. The fourth-order valence-corrected chi connectivity index (χ4v) is 2.11. The summed E-state index contributed by atoms with van der Waals surface area (Å²) < 4.78 is 0. The number of hydrogen-bond donors (Lipinski definition) is 1. The third-order valence-corrected chi connectivity index (χ3v) is 3.18. The molecule has 1 rings (SSSR count). The van der Waals surface area contributed by atoms with Gasteiger partial charge in [0.15, 0.2) is 5.12 Å². The molecule has 1 atom stereocenters. The maximum atomic E-state index is 10.9. The molecule has 0 fully saturated rings. The summed E-state index contributed by atoms with van der Waals surface area (Å²) in [4.78, 5) is 21.8. The molecule has 0 bridgehead atoms. The van der Waals surface area contributed by atoms with E-state index in [-0.39, 0.29) is 5.12 Å². The van der Waals surface area contributed by atoms with Crippen molar-refractivity contribution in [3.8, 4) is 0 Å². The van der Waals surface area contributed by atoms with E-state index >= 15 is 0 Å². The lowest BCUT2D eigenvalue weighted by Gasteiger charge is -2.09. The third kappa shape index (κ3) is 4.49. The van der Waals surface area contributed by atoms with Crippen molar-refractivity contribution < 1.29 is 14.7 Å². The van der Waals surface area contributed by atoms with E-state index in [1.807, 2.05) is 30.3 Å². The molecule has 86 valence electrons. The summed E-state index contributed by atoms with van der Waals surface area (Å²) in [5.41, 5.74) is 1.10. The van der Waals surface area contributed by atoms with Gasteiger partial charge in [0.25, 0.3) is 0 Å². The van der Waals surface area contributed by atoms with Crippen LogP contribution in [0, 0.1) is 0 Å². The molecule has 0 aliphatic rings. The van der Waals surface area contributed by atoms with Crippen LogP contribution in [-0.4, -0.2) is 21.4 Å². The van der Waals surface area contributed by atoms with E-state index in [0.29, 0.717) is 12.8 Å². The number of carboxylic acid groups (broad SMARTS) is 1. The number of benzene rings is 1. The first-order chi connectivity index (χ1) is 7.59. The number of carbonyl (C=O) groups is 2. The number of carboxylic acids is 1. The van der Waals surface area contributed by atoms with Crippen LogP contribution < -0.4 is 0 Å². The molecule has 1 unspecified atom stereocenters. The molecule has 1 aromatic carbocycles. The predicted octanol–water partition coefficient (Wildman–Crippen LogP) is 2.35. The molecule has 1 aromatic rings. The van der Waals surface area contributed by atoms with Crippen LogP contribution in [0.3, 0.4) is 0 Å². The molecule has 0 heterocycles. The topological polar surface area (TPSA) is 54.4 Å². The molecule has 0 amide bonds. The van der Waals surface area contributed by atoms with Crippen molar-refractivity contribution in [1.82, 2.24) is 0 Å². The predicted molar refractivity (Wildman–Crippen MR) is 64.5 cm³/mol. The number of carbonyl (C=O) groups excluding carboxylic acids is 1. The molecule has 3 nitrogen and oxygen atoms in total. The van der Waals surface area contributed by atoms with Crippen molar-refractivity contribution in [2.45, 2.75) is 25.0 Å². The highest BCUT2D eigenvalue weighted by Gasteiger charge is 2.19. The molecule has 0 aliphatic heterocycles. The molecule has 0 aromatic heterocycles. The number of thioether (sulfide) groups is 1. The van der Waals surface area contributed by atoms with E-state index in [0.717, 1.165) is 17.3 Å². The molecule has 0 spiro atoms. The Bertz CT molecular complexity index is 362. The van der Waals surface area contributed by atoms with Gasteiger partial charge >= 0.3 is 5.97 Å². The molecule has 0 radical (unpaired) electrons. The summed E-state index contributed by atoms with van der Waals surface area (Å²) in [5, 5.41) is 8.13. The highest BCUT2D eigenvalue weighted by atomic mass is 32.2. The third-order valence-electron chi connectivity index (χ3n) is 2.12. The second-order valence-electron chi connectivity index (χ2n) is 3.46. The minimum Gasteiger partial charge on any atom is -0.480 e. The minimum atomic E-state index is -0.920.